The van der Waals surface area contributed by atoms with Gasteiger partial charge >= 0.3 is 0 Å². The van der Waals surface area contributed by atoms with Gasteiger partial charge in [0.1, 0.15) is 11.2 Å². The van der Waals surface area contributed by atoms with E-state index in [9.17, 15) is 0 Å². The lowest BCUT2D eigenvalue weighted by Crippen LogP contribution is -2.27. The van der Waals surface area contributed by atoms with Crippen LogP contribution in [0, 0.1) is 5.41 Å². The number of allylic oxidation sites excluding steroid dienone is 4. The zero-order valence-electron chi connectivity index (χ0n) is 45.8. The zero-order chi connectivity index (χ0) is 53.0. The van der Waals surface area contributed by atoms with Gasteiger partial charge in [0.2, 0.25) is 0 Å². The zero-order valence-corrected chi connectivity index (χ0v) is 46.5. The molecule has 2 aliphatic rings. The lowest BCUT2D eigenvalue weighted by molar-refractivity contribution is 0.544. The van der Waals surface area contributed by atoms with Gasteiger partial charge in [-0.3, -0.25) is 0 Å². The molecule has 1 spiro atoms. The molecule has 0 amide bonds. The van der Waals surface area contributed by atoms with Gasteiger partial charge in [0.15, 0.2) is 0 Å². The summed E-state index contributed by atoms with van der Waals surface area (Å²) in [6, 6.07) is 61.0. The Hall–Kier alpha value is -7.33. The minimum atomic E-state index is -0.803. The molecule has 0 saturated heterocycles. The fourth-order valence-electron chi connectivity index (χ4n) is 11.7. The van der Waals surface area contributed by atoms with E-state index in [-0.39, 0.29) is 21.7 Å². The standard InChI is InChI=1S/C71H69ClN2O/c1-14-19-49(40-41-67(2,3)4)74(52-35-28-47(29-36-52)70(11,12)13)62-44-61-64(66-65(62)57-21-16-18-23-63(57)75-66)56-39-37-53(43-60(56)71(61)58-22-17-15-20-54(58)55-38-30-48(72)42-59(55)71)73(50-31-24-45(25-32-50)68(5,6)7)51-33-26-46(27-34-51)69(8,9)10/h14-44H,1H2,2-13H3/b41-40-,49-19+. The normalized spacial score (nSPS) is 15.4. The fraction of sp³-hybridized carbons (Fsp3) is 0.239. The summed E-state index contributed by atoms with van der Waals surface area (Å²) in [7, 11) is 0. The van der Waals surface area contributed by atoms with Crippen LogP contribution in [0.3, 0.4) is 0 Å². The molecule has 9 aromatic rings. The second kappa shape index (κ2) is 17.9. The molecular formula is C71H69ClN2O. The fourth-order valence-corrected chi connectivity index (χ4v) is 11.8. The third kappa shape index (κ3) is 8.45. The average molecular weight is 1000 g/mol. The van der Waals surface area contributed by atoms with Crippen LogP contribution in [0.1, 0.15) is 122 Å². The first-order chi connectivity index (χ1) is 35.6. The van der Waals surface area contributed by atoms with Crippen molar-refractivity contribution in [1.82, 2.24) is 0 Å². The molecule has 0 aliphatic heterocycles. The first kappa shape index (κ1) is 49.9. The predicted molar refractivity (Wildman–Crippen MR) is 321 cm³/mol. The molecule has 1 unspecified atom stereocenters. The summed E-state index contributed by atoms with van der Waals surface area (Å²) < 4.78 is 7.37. The number of halogens is 1. The Morgan fingerprint density at radius 2 is 1.04 bits per heavy atom. The molecule has 376 valence electrons. The number of para-hydroxylation sites is 1. The summed E-state index contributed by atoms with van der Waals surface area (Å²) in [6.45, 7) is 31.5. The molecule has 0 bridgehead atoms. The van der Waals surface area contributed by atoms with Gasteiger partial charge in [-0.15, -0.1) is 0 Å². The number of fused-ring (bicyclic) bond motifs is 14. The Labute approximate surface area is 450 Å². The molecular weight excluding hydrogens is 932 g/mol. The van der Waals surface area contributed by atoms with E-state index in [1.54, 1.807) is 0 Å². The molecule has 4 heteroatoms. The smallest absolute Gasteiger partial charge is 0.145 e. The molecule has 3 nitrogen and oxygen atoms in total. The molecule has 8 aromatic carbocycles. The highest BCUT2D eigenvalue weighted by Crippen LogP contribution is 2.66. The van der Waals surface area contributed by atoms with Gasteiger partial charge in [-0.2, -0.15) is 0 Å². The molecule has 2 aliphatic carbocycles. The van der Waals surface area contributed by atoms with Crippen LogP contribution in [-0.4, -0.2) is 0 Å². The molecule has 0 saturated carbocycles. The lowest BCUT2D eigenvalue weighted by Gasteiger charge is -2.34. The topological polar surface area (TPSA) is 19.6 Å². The van der Waals surface area contributed by atoms with E-state index in [0.717, 1.165) is 78.3 Å². The van der Waals surface area contributed by atoms with Crippen molar-refractivity contribution in [3.63, 3.8) is 0 Å². The molecule has 0 radical (unpaired) electrons. The van der Waals surface area contributed by atoms with E-state index in [0.29, 0.717) is 5.02 Å². The summed E-state index contributed by atoms with van der Waals surface area (Å²) in [4.78, 5) is 4.85. The predicted octanol–water partition coefficient (Wildman–Crippen LogP) is 20.8. The number of nitrogens with zero attached hydrogens (tertiary/aromatic N) is 2. The second-order valence-corrected chi connectivity index (χ2v) is 25.4. The van der Waals surface area contributed by atoms with E-state index < -0.39 is 5.41 Å². The van der Waals surface area contributed by atoms with Crippen molar-refractivity contribution in [3.05, 3.63) is 244 Å². The molecule has 0 N–H and O–H groups in total. The van der Waals surface area contributed by atoms with E-state index >= 15 is 0 Å². The molecule has 0 fully saturated rings. The molecule has 1 atom stereocenters. The van der Waals surface area contributed by atoms with Crippen molar-refractivity contribution in [2.24, 2.45) is 5.41 Å². The number of rotatable bonds is 8. The first-order valence-corrected chi connectivity index (χ1v) is 26.9. The average Bonchev–Trinajstić information content (AvgIpc) is 4.09. The number of hydrogen-bond donors (Lipinski definition) is 0. The maximum absolute atomic E-state index is 7.37. The quantitative estimate of drug-likeness (QED) is 0.141. The van der Waals surface area contributed by atoms with Crippen LogP contribution < -0.4 is 9.80 Å². The third-order valence-electron chi connectivity index (χ3n) is 15.5. The number of furan rings is 1. The summed E-state index contributed by atoms with van der Waals surface area (Å²) >= 11 is 7.26. The molecule has 1 aromatic heterocycles. The molecule has 75 heavy (non-hydrogen) atoms. The van der Waals surface area contributed by atoms with Crippen LogP contribution in [0.4, 0.5) is 28.4 Å². The Balaban J connectivity index is 1.27. The van der Waals surface area contributed by atoms with E-state index in [4.69, 9.17) is 16.0 Å². The molecule has 1 heterocycles. The summed E-state index contributed by atoms with van der Waals surface area (Å²) in [5, 5.41) is 2.80. The maximum Gasteiger partial charge on any atom is 0.145 e. The third-order valence-corrected chi connectivity index (χ3v) is 15.7. The van der Waals surface area contributed by atoms with Gasteiger partial charge in [-0.1, -0.05) is 204 Å². The molecule has 11 rings (SSSR count). The monoisotopic (exact) mass is 1000 g/mol. The van der Waals surface area contributed by atoms with Gasteiger partial charge in [0.05, 0.1) is 16.5 Å². The van der Waals surface area contributed by atoms with Crippen molar-refractivity contribution in [2.75, 3.05) is 9.80 Å². The van der Waals surface area contributed by atoms with E-state index in [1.807, 2.05) is 12.1 Å². The van der Waals surface area contributed by atoms with Gasteiger partial charge in [0.25, 0.3) is 0 Å². The summed E-state index contributed by atoms with van der Waals surface area (Å²) in [6.07, 6.45) is 8.59. The summed E-state index contributed by atoms with van der Waals surface area (Å²) in [5.74, 6) is 0. The Morgan fingerprint density at radius 1 is 0.520 bits per heavy atom. The number of benzene rings is 8. The van der Waals surface area contributed by atoms with Gasteiger partial charge in [-0.05, 0) is 162 Å². The maximum atomic E-state index is 7.37. The van der Waals surface area contributed by atoms with Gasteiger partial charge < -0.3 is 14.2 Å². The van der Waals surface area contributed by atoms with Gasteiger partial charge in [-0.25, -0.2) is 0 Å². The Morgan fingerprint density at radius 3 is 1.63 bits per heavy atom. The van der Waals surface area contributed by atoms with E-state index in [1.165, 1.54) is 38.9 Å². The highest BCUT2D eigenvalue weighted by Gasteiger charge is 2.53. The van der Waals surface area contributed by atoms with Crippen molar-refractivity contribution >= 4 is 62.0 Å². The number of hydrogen-bond acceptors (Lipinski definition) is 3. The van der Waals surface area contributed by atoms with Crippen molar-refractivity contribution in [1.29, 1.82) is 0 Å². The largest absolute Gasteiger partial charge is 0.455 e. The van der Waals surface area contributed by atoms with E-state index in [2.05, 4.69) is 275 Å². The minimum Gasteiger partial charge on any atom is -0.455 e. The minimum absolute atomic E-state index is 0.00535. The van der Waals surface area contributed by atoms with Crippen LogP contribution in [0.2, 0.25) is 5.02 Å². The Kier molecular flexibility index (Phi) is 11.9. The van der Waals surface area contributed by atoms with Crippen LogP contribution in [0.15, 0.2) is 205 Å². The van der Waals surface area contributed by atoms with Crippen molar-refractivity contribution < 1.29 is 4.42 Å². The lowest BCUT2D eigenvalue weighted by atomic mass is 9.70. The van der Waals surface area contributed by atoms with Crippen molar-refractivity contribution in [3.8, 4) is 22.3 Å². The van der Waals surface area contributed by atoms with Crippen LogP contribution in [0.25, 0.3) is 44.2 Å². The van der Waals surface area contributed by atoms with Crippen LogP contribution in [0.5, 0.6) is 0 Å². The second-order valence-electron chi connectivity index (χ2n) is 24.9. The first-order valence-electron chi connectivity index (χ1n) is 26.6. The van der Waals surface area contributed by atoms with Crippen molar-refractivity contribution in [2.45, 2.75) is 105 Å². The van der Waals surface area contributed by atoms with Crippen LogP contribution >= 0.6 is 11.6 Å². The summed E-state index contributed by atoms with van der Waals surface area (Å²) in [5.41, 5.74) is 20.2. The van der Waals surface area contributed by atoms with Crippen LogP contribution in [-0.2, 0) is 21.7 Å². The highest BCUT2D eigenvalue weighted by molar-refractivity contribution is 6.31. The Bertz CT molecular complexity index is 3710. The highest BCUT2D eigenvalue weighted by atomic mass is 35.5. The van der Waals surface area contributed by atoms with Gasteiger partial charge in [0, 0.05) is 44.4 Å². The SMILES string of the molecule is C=C/C=C(\C=C/C(C)(C)C)N(c1ccc(C(C)(C)C)cc1)c1cc2c(c3oc4ccccc4c13)-c1ccc(N(c3ccc(C(C)(C)C)cc3)c3ccc(C(C)(C)C)cc3)cc1C21c2ccccc2-c2ccc(Cl)cc21. The number of anilines is 5.